The minimum atomic E-state index is -0.305. The minimum absolute atomic E-state index is 0.305. The van der Waals surface area contributed by atoms with E-state index in [0.29, 0.717) is 18.2 Å². The van der Waals surface area contributed by atoms with Crippen molar-refractivity contribution in [3.63, 3.8) is 0 Å². The average Bonchev–Trinajstić information content (AvgIpc) is 2.43. The molecule has 0 saturated heterocycles. The van der Waals surface area contributed by atoms with Crippen LogP contribution in [0.1, 0.15) is 29.3 Å². The molecule has 100 valence electrons. The number of esters is 1. The molecule has 1 aromatic carbocycles. The Morgan fingerprint density at radius 3 is 2.44 bits per heavy atom. The lowest BCUT2D eigenvalue weighted by molar-refractivity contribution is 0.0600. The second-order valence-corrected chi connectivity index (χ2v) is 4.13. The number of rotatable bonds is 7. The third kappa shape index (κ3) is 4.47. The molecule has 0 aliphatic rings. The van der Waals surface area contributed by atoms with Crippen LogP contribution >= 0.6 is 0 Å². The molecule has 0 amide bonds. The highest BCUT2D eigenvalue weighted by atomic mass is 16.5. The fourth-order valence-electron chi connectivity index (χ4n) is 1.66. The molecule has 1 rings (SSSR count). The maximum atomic E-state index is 11.3. The maximum Gasteiger partial charge on any atom is 0.337 e. The predicted octanol–water partition coefficient (Wildman–Crippen LogP) is 1.99. The van der Waals surface area contributed by atoms with Gasteiger partial charge in [0.15, 0.2) is 0 Å². The molecule has 0 heterocycles. The van der Waals surface area contributed by atoms with Crippen LogP contribution in [0.3, 0.4) is 0 Å². The molecule has 1 N–H and O–H groups in total. The van der Waals surface area contributed by atoms with E-state index in [4.69, 9.17) is 4.74 Å². The smallest absolute Gasteiger partial charge is 0.337 e. The average molecular weight is 251 g/mol. The van der Waals surface area contributed by atoms with E-state index in [9.17, 15) is 4.79 Å². The van der Waals surface area contributed by atoms with Crippen LogP contribution in [-0.2, 0) is 16.0 Å². The van der Waals surface area contributed by atoms with E-state index in [1.54, 1.807) is 19.2 Å². The first-order valence-electron chi connectivity index (χ1n) is 6.10. The largest absolute Gasteiger partial charge is 0.465 e. The van der Waals surface area contributed by atoms with Crippen molar-refractivity contribution in [3.05, 3.63) is 35.4 Å². The molecular weight excluding hydrogens is 230 g/mol. The lowest BCUT2D eigenvalue weighted by atomic mass is 10.1. The van der Waals surface area contributed by atoms with Gasteiger partial charge in [-0.1, -0.05) is 19.1 Å². The van der Waals surface area contributed by atoms with Crippen LogP contribution in [-0.4, -0.2) is 32.8 Å². The van der Waals surface area contributed by atoms with E-state index in [0.717, 1.165) is 18.5 Å². The van der Waals surface area contributed by atoms with Gasteiger partial charge in [-0.25, -0.2) is 4.79 Å². The molecule has 4 heteroatoms. The number of carbonyl (C=O) groups excluding carboxylic acids is 1. The summed E-state index contributed by atoms with van der Waals surface area (Å²) in [4.78, 5) is 11.3. The Morgan fingerprint density at radius 1 is 1.28 bits per heavy atom. The van der Waals surface area contributed by atoms with Crippen molar-refractivity contribution < 1.29 is 14.3 Å². The Bertz CT molecular complexity index is 362. The topological polar surface area (TPSA) is 47.6 Å². The van der Waals surface area contributed by atoms with Gasteiger partial charge in [-0.3, -0.25) is 0 Å². The summed E-state index contributed by atoms with van der Waals surface area (Å²) >= 11 is 0. The zero-order valence-electron chi connectivity index (χ0n) is 11.2. The van der Waals surface area contributed by atoms with E-state index < -0.39 is 0 Å². The normalized spacial score (nSPS) is 12.2. The summed E-state index contributed by atoms with van der Waals surface area (Å²) in [7, 11) is 3.09. The molecule has 0 aromatic heterocycles. The van der Waals surface area contributed by atoms with E-state index in [1.165, 1.54) is 7.11 Å². The molecule has 18 heavy (non-hydrogen) atoms. The number of ether oxygens (including phenoxy) is 2. The highest BCUT2D eigenvalue weighted by Crippen LogP contribution is 2.06. The van der Waals surface area contributed by atoms with Gasteiger partial charge in [0.05, 0.1) is 19.3 Å². The third-order valence-corrected chi connectivity index (χ3v) is 2.83. The summed E-state index contributed by atoms with van der Waals surface area (Å²) in [6, 6.07) is 7.77. The standard InChI is InChI=1S/C14H21NO3/c1-4-13(10-17-2)15-9-11-5-7-12(8-6-11)14(16)18-3/h5-8,13,15H,4,9-10H2,1-3H3. The van der Waals surface area contributed by atoms with Crippen LogP contribution in [0.25, 0.3) is 0 Å². The van der Waals surface area contributed by atoms with Gasteiger partial charge in [0.2, 0.25) is 0 Å². The minimum Gasteiger partial charge on any atom is -0.465 e. The highest BCUT2D eigenvalue weighted by Gasteiger charge is 2.06. The highest BCUT2D eigenvalue weighted by molar-refractivity contribution is 5.89. The zero-order chi connectivity index (χ0) is 13.4. The Balaban J connectivity index is 2.50. The van der Waals surface area contributed by atoms with Gasteiger partial charge >= 0.3 is 5.97 Å². The van der Waals surface area contributed by atoms with E-state index in [-0.39, 0.29) is 5.97 Å². The van der Waals surface area contributed by atoms with Crippen LogP contribution in [0.2, 0.25) is 0 Å². The number of methoxy groups -OCH3 is 2. The molecule has 0 saturated carbocycles. The summed E-state index contributed by atoms with van der Waals surface area (Å²) in [6.45, 7) is 3.59. The van der Waals surface area contributed by atoms with Crippen molar-refractivity contribution in [2.24, 2.45) is 0 Å². The van der Waals surface area contributed by atoms with E-state index in [1.807, 2.05) is 12.1 Å². The molecule has 0 spiro atoms. The lowest BCUT2D eigenvalue weighted by Crippen LogP contribution is -2.31. The van der Waals surface area contributed by atoms with Gasteiger partial charge < -0.3 is 14.8 Å². The first-order valence-corrected chi connectivity index (χ1v) is 6.10. The van der Waals surface area contributed by atoms with Crippen LogP contribution in [0.5, 0.6) is 0 Å². The molecule has 0 radical (unpaired) electrons. The number of hydrogen-bond donors (Lipinski definition) is 1. The number of carbonyl (C=O) groups is 1. The first-order chi connectivity index (χ1) is 8.71. The Hall–Kier alpha value is -1.39. The predicted molar refractivity (Wildman–Crippen MR) is 70.6 cm³/mol. The summed E-state index contributed by atoms with van der Waals surface area (Å²) in [5.74, 6) is -0.305. The molecule has 0 fully saturated rings. The van der Waals surface area contributed by atoms with Crippen molar-refractivity contribution in [2.45, 2.75) is 25.9 Å². The molecule has 0 bridgehead atoms. The Labute approximate surface area is 108 Å². The fourth-order valence-corrected chi connectivity index (χ4v) is 1.66. The maximum absolute atomic E-state index is 11.3. The molecule has 0 aliphatic heterocycles. The quantitative estimate of drug-likeness (QED) is 0.753. The molecule has 1 unspecified atom stereocenters. The molecule has 4 nitrogen and oxygen atoms in total. The summed E-state index contributed by atoms with van der Waals surface area (Å²) in [5, 5.41) is 3.41. The van der Waals surface area contributed by atoms with Gasteiger partial charge in [-0.15, -0.1) is 0 Å². The van der Waals surface area contributed by atoms with Crippen molar-refractivity contribution in [1.82, 2.24) is 5.32 Å². The second kappa shape index (κ2) is 7.84. The van der Waals surface area contributed by atoms with E-state index in [2.05, 4.69) is 17.0 Å². The van der Waals surface area contributed by atoms with Crippen LogP contribution < -0.4 is 5.32 Å². The Morgan fingerprint density at radius 2 is 1.94 bits per heavy atom. The van der Waals surface area contributed by atoms with Crippen molar-refractivity contribution in [3.8, 4) is 0 Å². The summed E-state index contributed by atoms with van der Waals surface area (Å²) in [5.41, 5.74) is 1.71. The number of nitrogens with one attached hydrogen (secondary N) is 1. The lowest BCUT2D eigenvalue weighted by Gasteiger charge is -2.15. The van der Waals surface area contributed by atoms with Crippen molar-refractivity contribution in [2.75, 3.05) is 20.8 Å². The van der Waals surface area contributed by atoms with Gasteiger partial charge in [0.1, 0.15) is 0 Å². The third-order valence-electron chi connectivity index (χ3n) is 2.83. The first kappa shape index (κ1) is 14.7. The fraction of sp³-hybridized carbons (Fsp3) is 0.500. The second-order valence-electron chi connectivity index (χ2n) is 4.13. The molecule has 1 atom stereocenters. The summed E-state index contributed by atoms with van der Waals surface area (Å²) < 4.78 is 9.78. The zero-order valence-corrected chi connectivity index (χ0v) is 11.2. The number of hydrogen-bond acceptors (Lipinski definition) is 4. The summed E-state index contributed by atoms with van der Waals surface area (Å²) in [6.07, 6.45) is 1.02. The Kier molecular flexibility index (Phi) is 6.39. The molecular formula is C14H21NO3. The van der Waals surface area contributed by atoms with Crippen molar-refractivity contribution >= 4 is 5.97 Å². The van der Waals surface area contributed by atoms with Gasteiger partial charge in [-0.2, -0.15) is 0 Å². The van der Waals surface area contributed by atoms with E-state index >= 15 is 0 Å². The van der Waals surface area contributed by atoms with Gasteiger partial charge in [-0.05, 0) is 24.1 Å². The monoisotopic (exact) mass is 251 g/mol. The van der Waals surface area contributed by atoms with Crippen LogP contribution in [0.15, 0.2) is 24.3 Å². The molecule has 0 aliphatic carbocycles. The van der Waals surface area contributed by atoms with Crippen molar-refractivity contribution in [1.29, 1.82) is 0 Å². The van der Waals surface area contributed by atoms with Gasteiger partial charge in [0, 0.05) is 19.7 Å². The van der Waals surface area contributed by atoms with Crippen LogP contribution in [0.4, 0.5) is 0 Å². The molecule has 1 aromatic rings. The SMILES string of the molecule is CCC(COC)NCc1ccc(C(=O)OC)cc1. The number of benzene rings is 1. The van der Waals surface area contributed by atoms with Crippen LogP contribution in [0, 0.1) is 0 Å². The van der Waals surface area contributed by atoms with Gasteiger partial charge in [0.25, 0.3) is 0 Å².